The van der Waals surface area contributed by atoms with Crippen molar-refractivity contribution in [2.45, 2.75) is 27.0 Å². The van der Waals surface area contributed by atoms with Crippen LogP contribution in [0.3, 0.4) is 0 Å². The summed E-state index contributed by atoms with van der Waals surface area (Å²) in [5.41, 5.74) is 3.45. The van der Waals surface area contributed by atoms with E-state index in [-0.39, 0.29) is 18.8 Å². The minimum atomic E-state index is -0.481. The molecule has 1 aliphatic heterocycles. The van der Waals surface area contributed by atoms with Gasteiger partial charge in [-0.3, -0.25) is 9.69 Å². The second-order valence-electron chi connectivity index (χ2n) is 8.17. The number of urea groups is 1. The van der Waals surface area contributed by atoms with Crippen LogP contribution in [0.15, 0.2) is 60.3 Å². The molecular weight excluding hydrogens is 523 g/mol. The molecule has 1 aliphatic rings. The zero-order valence-corrected chi connectivity index (χ0v) is 21.9. The number of nitrogens with zero attached hydrogens (tertiary/aromatic N) is 1. The van der Waals surface area contributed by atoms with E-state index in [4.69, 9.17) is 44.3 Å². The second kappa shape index (κ2) is 11.2. The summed E-state index contributed by atoms with van der Waals surface area (Å²) in [7, 11) is 0. The third-order valence-corrected chi connectivity index (χ3v) is 6.42. The molecule has 1 saturated heterocycles. The van der Waals surface area contributed by atoms with Crippen molar-refractivity contribution < 1.29 is 19.1 Å². The van der Waals surface area contributed by atoms with Crippen molar-refractivity contribution in [3.63, 3.8) is 0 Å². The molecule has 0 radical (unpaired) electrons. The lowest BCUT2D eigenvalue weighted by molar-refractivity contribution is -0.123. The Morgan fingerprint density at radius 1 is 0.917 bits per heavy atom. The molecule has 0 atom stereocenters. The SMILES string of the molecule is CCOc1cc(/C=C2/NC(=O)N(Cc3cccc(C)c3)C2=O)cc(Cl)c1OCc1ccc(Cl)c(Cl)c1. The molecule has 4 rings (SSSR count). The van der Waals surface area contributed by atoms with Gasteiger partial charge in [0, 0.05) is 0 Å². The highest BCUT2D eigenvalue weighted by atomic mass is 35.5. The van der Waals surface area contributed by atoms with Gasteiger partial charge in [0.25, 0.3) is 5.91 Å². The number of carbonyl (C=O) groups is 2. The molecule has 3 amide bonds. The van der Waals surface area contributed by atoms with Crippen LogP contribution in [0.4, 0.5) is 4.79 Å². The second-order valence-corrected chi connectivity index (χ2v) is 9.39. The van der Waals surface area contributed by atoms with Gasteiger partial charge < -0.3 is 14.8 Å². The van der Waals surface area contributed by atoms with Crippen molar-refractivity contribution in [1.29, 1.82) is 0 Å². The van der Waals surface area contributed by atoms with Crippen molar-refractivity contribution in [2.24, 2.45) is 0 Å². The number of imide groups is 1. The molecule has 36 heavy (non-hydrogen) atoms. The van der Waals surface area contributed by atoms with E-state index in [0.29, 0.717) is 38.7 Å². The summed E-state index contributed by atoms with van der Waals surface area (Å²) >= 11 is 18.6. The Morgan fingerprint density at radius 3 is 2.44 bits per heavy atom. The zero-order valence-electron chi connectivity index (χ0n) is 19.6. The number of benzene rings is 3. The lowest BCUT2D eigenvalue weighted by Gasteiger charge is -2.15. The molecule has 0 unspecified atom stereocenters. The summed E-state index contributed by atoms with van der Waals surface area (Å²) < 4.78 is 11.7. The van der Waals surface area contributed by atoms with Gasteiger partial charge in [0.1, 0.15) is 12.3 Å². The van der Waals surface area contributed by atoms with Crippen molar-refractivity contribution in [3.8, 4) is 11.5 Å². The minimum Gasteiger partial charge on any atom is -0.490 e. The van der Waals surface area contributed by atoms with Gasteiger partial charge in [-0.15, -0.1) is 0 Å². The molecule has 0 saturated carbocycles. The highest BCUT2D eigenvalue weighted by Gasteiger charge is 2.33. The zero-order chi connectivity index (χ0) is 25.8. The molecular formula is C27H23Cl3N2O4. The first-order valence-electron chi connectivity index (χ1n) is 11.2. The molecule has 0 aromatic heterocycles. The van der Waals surface area contributed by atoms with Gasteiger partial charge in [0.2, 0.25) is 0 Å². The van der Waals surface area contributed by atoms with E-state index in [1.807, 2.05) is 38.1 Å². The van der Waals surface area contributed by atoms with Gasteiger partial charge in [-0.1, -0.05) is 70.7 Å². The maximum Gasteiger partial charge on any atom is 0.329 e. The van der Waals surface area contributed by atoms with Gasteiger partial charge in [-0.2, -0.15) is 0 Å². The fraction of sp³-hybridized carbons (Fsp3) is 0.185. The number of nitrogens with one attached hydrogen (secondary N) is 1. The van der Waals surface area contributed by atoms with Crippen LogP contribution in [0, 0.1) is 6.92 Å². The smallest absolute Gasteiger partial charge is 0.329 e. The molecule has 1 heterocycles. The molecule has 1 N–H and O–H groups in total. The first kappa shape index (κ1) is 25.9. The predicted molar refractivity (Wildman–Crippen MR) is 142 cm³/mol. The summed E-state index contributed by atoms with van der Waals surface area (Å²) in [5.74, 6) is 0.343. The predicted octanol–water partition coefficient (Wildman–Crippen LogP) is 7.03. The maximum atomic E-state index is 12.9. The number of aryl methyl sites for hydroxylation is 1. The monoisotopic (exact) mass is 544 g/mol. The first-order valence-corrected chi connectivity index (χ1v) is 12.3. The van der Waals surface area contributed by atoms with Crippen molar-refractivity contribution >= 4 is 52.8 Å². The molecule has 9 heteroatoms. The summed E-state index contributed by atoms with van der Waals surface area (Å²) in [6.45, 7) is 4.54. The number of hydrogen-bond donors (Lipinski definition) is 1. The summed E-state index contributed by atoms with van der Waals surface area (Å²) in [6.07, 6.45) is 1.56. The third-order valence-electron chi connectivity index (χ3n) is 5.40. The van der Waals surface area contributed by atoms with Gasteiger partial charge >= 0.3 is 6.03 Å². The lowest BCUT2D eigenvalue weighted by atomic mass is 10.1. The molecule has 0 bridgehead atoms. The van der Waals surface area contributed by atoms with Crippen LogP contribution in [0.2, 0.25) is 15.1 Å². The molecule has 1 fully saturated rings. The van der Waals surface area contributed by atoms with E-state index >= 15 is 0 Å². The average molecular weight is 546 g/mol. The van der Waals surface area contributed by atoms with Gasteiger partial charge in [-0.05, 0) is 60.9 Å². The summed E-state index contributed by atoms with van der Waals surface area (Å²) in [6, 6.07) is 15.7. The Hall–Kier alpha value is -3.19. The highest BCUT2D eigenvalue weighted by molar-refractivity contribution is 6.42. The maximum absolute atomic E-state index is 12.9. The number of hydrogen-bond acceptors (Lipinski definition) is 4. The van der Waals surface area contributed by atoms with Crippen molar-refractivity contribution in [1.82, 2.24) is 10.2 Å². The van der Waals surface area contributed by atoms with E-state index in [2.05, 4.69) is 5.32 Å². The Morgan fingerprint density at radius 2 is 1.72 bits per heavy atom. The quantitative estimate of drug-likeness (QED) is 0.244. The molecule has 0 aliphatic carbocycles. The number of carbonyl (C=O) groups excluding carboxylic acids is 2. The van der Waals surface area contributed by atoms with Crippen molar-refractivity contribution in [2.75, 3.05) is 6.61 Å². The topological polar surface area (TPSA) is 67.9 Å². The van der Waals surface area contributed by atoms with Gasteiger partial charge in [0.15, 0.2) is 11.5 Å². The Bertz CT molecular complexity index is 1360. The van der Waals surface area contributed by atoms with E-state index in [1.165, 1.54) is 4.90 Å². The average Bonchev–Trinajstić information content (AvgIpc) is 3.08. The van der Waals surface area contributed by atoms with Crippen LogP contribution in [-0.2, 0) is 17.9 Å². The normalized spacial score (nSPS) is 14.4. The highest BCUT2D eigenvalue weighted by Crippen LogP contribution is 2.38. The van der Waals surface area contributed by atoms with E-state index in [0.717, 1.165) is 16.7 Å². The number of rotatable bonds is 8. The fourth-order valence-electron chi connectivity index (χ4n) is 3.73. The van der Waals surface area contributed by atoms with E-state index in [1.54, 1.807) is 36.4 Å². The van der Waals surface area contributed by atoms with Crippen LogP contribution in [0.25, 0.3) is 6.08 Å². The van der Waals surface area contributed by atoms with E-state index in [9.17, 15) is 9.59 Å². The Kier molecular flexibility index (Phi) is 8.09. The first-order chi connectivity index (χ1) is 17.2. The van der Waals surface area contributed by atoms with Crippen molar-refractivity contribution in [3.05, 3.63) is 97.6 Å². The van der Waals surface area contributed by atoms with Gasteiger partial charge in [-0.25, -0.2) is 4.79 Å². The van der Waals surface area contributed by atoms with Crippen LogP contribution >= 0.6 is 34.8 Å². The largest absolute Gasteiger partial charge is 0.490 e. The number of amides is 3. The Labute approximate surface area is 224 Å². The molecule has 186 valence electrons. The van der Waals surface area contributed by atoms with Crippen LogP contribution in [-0.4, -0.2) is 23.4 Å². The standard InChI is InChI=1S/C27H23Cl3N2O4/c1-3-35-24-13-19(11-22(30)25(24)36-15-18-7-8-20(28)21(29)10-18)12-23-26(33)32(27(34)31-23)14-17-6-4-5-16(2)9-17/h4-13H,3,14-15H2,1-2H3,(H,31,34)/b23-12+. The van der Waals surface area contributed by atoms with E-state index < -0.39 is 11.9 Å². The van der Waals surface area contributed by atoms with Gasteiger partial charge in [0.05, 0.1) is 28.2 Å². The minimum absolute atomic E-state index is 0.149. The molecule has 3 aromatic carbocycles. The summed E-state index contributed by atoms with van der Waals surface area (Å²) in [5, 5.41) is 3.81. The molecule has 0 spiro atoms. The molecule has 6 nitrogen and oxygen atoms in total. The third kappa shape index (κ3) is 5.95. The number of halogens is 3. The lowest BCUT2D eigenvalue weighted by Crippen LogP contribution is -2.30. The van der Waals surface area contributed by atoms with Crippen LogP contribution in [0.5, 0.6) is 11.5 Å². The fourth-order valence-corrected chi connectivity index (χ4v) is 4.33. The van der Waals surface area contributed by atoms with Crippen LogP contribution < -0.4 is 14.8 Å². The van der Waals surface area contributed by atoms with Crippen LogP contribution in [0.1, 0.15) is 29.2 Å². The number of ether oxygens (including phenoxy) is 2. The Balaban J connectivity index is 1.55. The molecule has 3 aromatic rings. The summed E-state index contributed by atoms with van der Waals surface area (Å²) in [4.78, 5) is 26.6.